The number of hydrogen-bond donors (Lipinski definition) is 1. The summed E-state index contributed by atoms with van der Waals surface area (Å²) in [6.45, 7) is 10.1. The summed E-state index contributed by atoms with van der Waals surface area (Å²) in [5.74, 6) is 1.76. The van der Waals surface area contributed by atoms with Crippen LogP contribution in [0, 0.1) is 5.92 Å². The van der Waals surface area contributed by atoms with Gasteiger partial charge < -0.3 is 5.32 Å². The van der Waals surface area contributed by atoms with Crippen molar-refractivity contribution in [2.75, 3.05) is 19.3 Å². The normalized spacial score (nSPS) is 14.9. The number of thioether (sulfide) groups is 1. The molecule has 0 saturated heterocycles. The van der Waals surface area contributed by atoms with Crippen LogP contribution >= 0.6 is 11.8 Å². The van der Waals surface area contributed by atoms with Gasteiger partial charge in [0.25, 0.3) is 0 Å². The lowest BCUT2D eigenvalue weighted by atomic mass is 9.73. The topological polar surface area (TPSA) is 12.0 Å². The first-order valence-corrected chi connectivity index (χ1v) is 7.41. The molecule has 1 aromatic rings. The van der Waals surface area contributed by atoms with Crippen molar-refractivity contribution in [3.63, 3.8) is 0 Å². The summed E-state index contributed by atoms with van der Waals surface area (Å²) in [5, 5.41) is 3.32. The van der Waals surface area contributed by atoms with E-state index in [0.29, 0.717) is 5.92 Å². The van der Waals surface area contributed by atoms with Gasteiger partial charge in [-0.1, -0.05) is 39.8 Å². The first-order chi connectivity index (χ1) is 8.04. The second kappa shape index (κ2) is 6.46. The van der Waals surface area contributed by atoms with Crippen molar-refractivity contribution in [1.29, 1.82) is 0 Å². The maximum Gasteiger partial charge on any atom is 0.00723 e. The fourth-order valence-electron chi connectivity index (χ4n) is 2.11. The SMILES string of the molecule is CCSc1ccc(C(C)(CNC)C(C)C)cc1. The average molecular weight is 251 g/mol. The monoisotopic (exact) mass is 251 g/mol. The molecule has 96 valence electrons. The molecule has 1 nitrogen and oxygen atoms in total. The van der Waals surface area contributed by atoms with Gasteiger partial charge in [-0.2, -0.15) is 0 Å². The van der Waals surface area contributed by atoms with Gasteiger partial charge in [-0.15, -0.1) is 11.8 Å². The van der Waals surface area contributed by atoms with Crippen molar-refractivity contribution in [1.82, 2.24) is 5.32 Å². The Morgan fingerprint density at radius 2 is 1.82 bits per heavy atom. The Morgan fingerprint density at radius 1 is 1.24 bits per heavy atom. The Bertz CT molecular complexity index is 331. The summed E-state index contributed by atoms with van der Waals surface area (Å²) in [6, 6.07) is 9.07. The second-order valence-corrected chi connectivity index (χ2v) is 6.40. The van der Waals surface area contributed by atoms with Crippen molar-refractivity contribution in [2.24, 2.45) is 5.92 Å². The van der Waals surface area contributed by atoms with Crippen LogP contribution in [0.1, 0.15) is 33.3 Å². The molecule has 0 saturated carbocycles. The van der Waals surface area contributed by atoms with Crippen LogP contribution in [0.5, 0.6) is 0 Å². The zero-order valence-corrected chi connectivity index (χ0v) is 12.5. The first kappa shape index (κ1) is 14.6. The molecule has 1 aromatic carbocycles. The van der Waals surface area contributed by atoms with Crippen LogP contribution in [0.25, 0.3) is 0 Å². The highest BCUT2D eigenvalue weighted by atomic mass is 32.2. The maximum absolute atomic E-state index is 3.32. The summed E-state index contributed by atoms with van der Waals surface area (Å²) in [5.41, 5.74) is 1.65. The van der Waals surface area contributed by atoms with E-state index in [-0.39, 0.29) is 5.41 Å². The van der Waals surface area contributed by atoms with Crippen LogP contribution in [0.4, 0.5) is 0 Å². The quantitative estimate of drug-likeness (QED) is 0.769. The predicted octanol–water partition coefficient (Wildman–Crippen LogP) is 3.93. The third kappa shape index (κ3) is 3.49. The molecular weight excluding hydrogens is 226 g/mol. The number of likely N-dealkylation sites (N-methyl/N-ethyl adjacent to an activating group) is 1. The average Bonchev–Trinajstić information content (AvgIpc) is 2.30. The Morgan fingerprint density at radius 3 is 2.24 bits per heavy atom. The minimum atomic E-state index is 0.212. The number of hydrogen-bond acceptors (Lipinski definition) is 2. The second-order valence-electron chi connectivity index (χ2n) is 5.06. The van der Waals surface area contributed by atoms with Gasteiger partial charge in [0.15, 0.2) is 0 Å². The van der Waals surface area contributed by atoms with Gasteiger partial charge in [0.2, 0.25) is 0 Å². The fourth-order valence-corrected chi connectivity index (χ4v) is 2.77. The van der Waals surface area contributed by atoms with Gasteiger partial charge in [-0.25, -0.2) is 0 Å². The smallest absolute Gasteiger partial charge is 0.00723 e. The van der Waals surface area contributed by atoms with E-state index >= 15 is 0 Å². The third-order valence-corrected chi connectivity index (χ3v) is 4.54. The molecule has 2 heteroatoms. The molecule has 1 atom stereocenters. The molecule has 0 fully saturated rings. The molecular formula is C15H25NS. The zero-order chi connectivity index (χ0) is 12.9. The van der Waals surface area contributed by atoms with Gasteiger partial charge in [-0.05, 0) is 36.4 Å². The predicted molar refractivity (Wildman–Crippen MR) is 79.0 cm³/mol. The lowest BCUT2D eigenvalue weighted by Crippen LogP contribution is -2.38. The lowest BCUT2D eigenvalue weighted by Gasteiger charge is -2.34. The Labute approximate surface area is 110 Å². The van der Waals surface area contributed by atoms with E-state index in [1.165, 1.54) is 10.5 Å². The largest absolute Gasteiger partial charge is 0.319 e. The minimum Gasteiger partial charge on any atom is -0.319 e. The molecule has 1 rings (SSSR count). The highest BCUT2D eigenvalue weighted by molar-refractivity contribution is 7.99. The third-order valence-electron chi connectivity index (χ3n) is 3.64. The molecule has 0 aliphatic heterocycles. The van der Waals surface area contributed by atoms with Crippen molar-refractivity contribution < 1.29 is 0 Å². The lowest BCUT2D eigenvalue weighted by molar-refractivity contribution is 0.327. The molecule has 0 aliphatic carbocycles. The number of rotatable bonds is 6. The van der Waals surface area contributed by atoms with Gasteiger partial charge in [0, 0.05) is 16.9 Å². The van der Waals surface area contributed by atoms with Crippen molar-refractivity contribution >= 4 is 11.8 Å². The molecule has 1 unspecified atom stereocenters. The molecule has 0 aromatic heterocycles. The Kier molecular flexibility index (Phi) is 5.54. The zero-order valence-electron chi connectivity index (χ0n) is 11.7. The van der Waals surface area contributed by atoms with E-state index in [0.717, 1.165) is 12.3 Å². The molecule has 0 aliphatic rings. The van der Waals surface area contributed by atoms with Crippen molar-refractivity contribution in [2.45, 2.75) is 38.0 Å². The molecule has 0 bridgehead atoms. The van der Waals surface area contributed by atoms with E-state index in [9.17, 15) is 0 Å². The van der Waals surface area contributed by atoms with Gasteiger partial charge >= 0.3 is 0 Å². The summed E-state index contributed by atoms with van der Waals surface area (Å²) < 4.78 is 0. The van der Waals surface area contributed by atoms with E-state index < -0.39 is 0 Å². The maximum atomic E-state index is 3.32. The fraction of sp³-hybridized carbons (Fsp3) is 0.600. The number of nitrogens with one attached hydrogen (secondary N) is 1. The van der Waals surface area contributed by atoms with E-state index in [4.69, 9.17) is 0 Å². The summed E-state index contributed by atoms with van der Waals surface area (Å²) >= 11 is 1.90. The van der Waals surface area contributed by atoms with Gasteiger partial charge in [0.05, 0.1) is 0 Å². The Balaban J connectivity index is 2.95. The van der Waals surface area contributed by atoms with Gasteiger partial charge in [-0.3, -0.25) is 0 Å². The molecule has 0 heterocycles. The first-order valence-electron chi connectivity index (χ1n) is 6.42. The molecule has 0 radical (unpaired) electrons. The van der Waals surface area contributed by atoms with Crippen LogP contribution in [-0.2, 0) is 5.41 Å². The van der Waals surface area contributed by atoms with Crippen molar-refractivity contribution in [3.05, 3.63) is 29.8 Å². The van der Waals surface area contributed by atoms with Crippen molar-refractivity contribution in [3.8, 4) is 0 Å². The standard InChI is InChI=1S/C15H25NS/c1-6-17-14-9-7-13(8-10-14)15(4,11-16-5)12(2)3/h7-10,12,16H,6,11H2,1-5H3. The highest BCUT2D eigenvalue weighted by Crippen LogP contribution is 2.32. The van der Waals surface area contributed by atoms with Crippen LogP contribution < -0.4 is 5.32 Å². The van der Waals surface area contributed by atoms with Crippen LogP contribution in [0.2, 0.25) is 0 Å². The minimum absolute atomic E-state index is 0.212. The van der Waals surface area contributed by atoms with E-state index in [1.807, 2.05) is 18.8 Å². The van der Waals surface area contributed by atoms with E-state index in [1.54, 1.807) is 0 Å². The summed E-state index contributed by atoms with van der Waals surface area (Å²) in [6.07, 6.45) is 0. The molecule has 0 spiro atoms. The summed E-state index contributed by atoms with van der Waals surface area (Å²) in [4.78, 5) is 1.37. The van der Waals surface area contributed by atoms with Crippen LogP contribution in [0.15, 0.2) is 29.2 Å². The van der Waals surface area contributed by atoms with E-state index in [2.05, 4.69) is 57.3 Å². The highest BCUT2D eigenvalue weighted by Gasteiger charge is 2.29. The summed E-state index contributed by atoms with van der Waals surface area (Å²) in [7, 11) is 2.03. The molecule has 0 amide bonds. The molecule has 1 N–H and O–H groups in total. The Hall–Kier alpha value is -0.470. The molecule has 17 heavy (non-hydrogen) atoms. The van der Waals surface area contributed by atoms with Crippen LogP contribution in [-0.4, -0.2) is 19.3 Å². The van der Waals surface area contributed by atoms with Crippen LogP contribution in [0.3, 0.4) is 0 Å². The number of benzene rings is 1. The van der Waals surface area contributed by atoms with Gasteiger partial charge in [0.1, 0.15) is 0 Å².